The van der Waals surface area contributed by atoms with E-state index >= 15 is 0 Å². The molecular weight excluding hydrogens is 204 g/mol. The number of aliphatic hydroxyl groups is 2. The predicted molar refractivity (Wildman–Crippen MR) is 63.3 cm³/mol. The van der Waals surface area contributed by atoms with Crippen molar-refractivity contribution in [3.05, 3.63) is 29.8 Å². The third-order valence-corrected chi connectivity index (χ3v) is 3.03. The van der Waals surface area contributed by atoms with Gasteiger partial charge in [0.1, 0.15) is 0 Å². The largest absolute Gasteiger partial charge is 0.389 e. The zero-order valence-electron chi connectivity index (χ0n) is 9.37. The Morgan fingerprint density at radius 3 is 2.38 bits per heavy atom. The molecule has 4 nitrogen and oxygen atoms in total. The highest BCUT2D eigenvalue weighted by Gasteiger charge is 2.30. The molecule has 0 aliphatic carbocycles. The Kier molecular flexibility index (Phi) is 3.14. The standard InChI is InChI=1S/C12H18N2O2/c1-8(13)9-4-2-3-5-10(9)14-6-11(15)12(16)7-14/h2-5,8,11-12,15-16H,6-7,13H2,1H3/t8-,11?,12?/m0/s1. The van der Waals surface area contributed by atoms with E-state index in [9.17, 15) is 10.2 Å². The van der Waals surface area contributed by atoms with Gasteiger partial charge in [-0.1, -0.05) is 18.2 Å². The van der Waals surface area contributed by atoms with Crippen LogP contribution >= 0.6 is 0 Å². The van der Waals surface area contributed by atoms with Gasteiger partial charge in [-0.25, -0.2) is 0 Å². The van der Waals surface area contributed by atoms with Crippen LogP contribution in [0.25, 0.3) is 0 Å². The van der Waals surface area contributed by atoms with E-state index in [1.807, 2.05) is 36.1 Å². The first kappa shape index (κ1) is 11.4. The van der Waals surface area contributed by atoms with Crippen molar-refractivity contribution in [2.45, 2.75) is 25.2 Å². The number of benzene rings is 1. The van der Waals surface area contributed by atoms with Crippen molar-refractivity contribution >= 4 is 5.69 Å². The Morgan fingerprint density at radius 1 is 1.25 bits per heavy atom. The number of nitrogens with two attached hydrogens (primary N) is 1. The summed E-state index contributed by atoms with van der Waals surface area (Å²) in [5, 5.41) is 19.1. The molecule has 1 saturated heterocycles. The van der Waals surface area contributed by atoms with Crippen LogP contribution in [0.3, 0.4) is 0 Å². The monoisotopic (exact) mass is 222 g/mol. The fraction of sp³-hybridized carbons (Fsp3) is 0.500. The normalized spacial score (nSPS) is 27.1. The van der Waals surface area contributed by atoms with Gasteiger partial charge in [-0.15, -0.1) is 0 Å². The predicted octanol–water partition coefficient (Wildman–Crippen LogP) is 0.248. The van der Waals surface area contributed by atoms with Gasteiger partial charge in [0.25, 0.3) is 0 Å². The maximum Gasteiger partial charge on any atom is 0.0990 e. The summed E-state index contributed by atoms with van der Waals surface area (Å²) in [6, 6.07) is 7.80. The lowest BCUT2D eigenvalue weighted by molar-refractivity contribution is 0.0572. The van der Waals surface area contributed by atoms with Gasteiger partial charge in [0.2, 0.25) is 0 Å². The Hall–Kier alpha value is -1.10. The van der Waals surface area contributed by atoms with Gasteiger partial charge in [0.05, 0.1) is 12.2 Å². The van der Waals surface area contributed by atoms with Crippen molar-refractivity contribution in [2.75, 3.05) is 18.0 Å². The fourth-order valence-electron chi connectivity index (χ4n) is 2.13. The summed E-state index contributed by atoms with van der Waals surface area (Å²) in [5.74, 6) is 0. The van der Waals surface area contributed by atoms with Crippen LogP contribution in [-0.4, -0.2) is 35.5 Å². The number of hydrogen-bond acceptors (Lipinski definition) is 4. The van der Waals surface area contributed by atoms with E-state index in [0.29, 0.717) is 13.1 Å². The number of nitrogens with zero attached hydrogens (tertiary/aromatic N) is 1. The van der Waals surface area contributed by atoms with Crippen LogP contribution in [0, 0.1) is 0 Å². The summed E-state index contributed by atoms with van der Waals surface area (Å²) < 4.78 is 0. The molecule has 88 valence electrons. The first-order valence-electron chi connectivity index (χ1n) is 5.55. The molecule has 1 aromatic rings. The fourth-order valence-corrected chi connectivity index (χ4v) is 2.13. The first-order valence-corrected chi connectivity index (χ1v) is 5.55. The van der Waals surface area contributed by atoms with Crippen molar-refractivity contribution in [2.24, 2.45) is 5.73 Å². The summed E-state index contributed by atoms with van der Waals surface area (Å²) in [6.45, 7) is 2.86. The van der Waals surface area contributed by atoms with E-state index in [2.05, 4.69) is 0 Å². The molecule has 0 bridgehead atoms. The van der Waals surface area contributed by atoms with Gasteiger partial charge in [-0.3, -0.25) is 0 Å². The third-order valence-electron chi connectivity index (χ3n) is 3.03. The summed E-state index contributed by atoms with van der Waals surface area (Å²) in [5.41, 5.74) is 7.95. The highest BCUT2D eigenvalue weighted by atomic mass is 16.3. The maximum absolute atomic E-state index is 9.54. The molecule has 1 aliphatic rings. The number of β-amino-alcohol motifs (C(OH)–C–C–N with tert-alkyl or cyclic N) is 2. The molecule has 1 fully saturated rings. The van der Waals surface area contributed by atoms with Gasteiger partial charge in [-0.2, -0.15) is 0 Å². The highest BCUT2D eigenvalue weighted by molar-refractivity contribution is 5.56. The molecule has 0 radical (unpaired) electrons. The van der Waals surface area contributed by atoms with Gasteiger partial charge in [0, 0.05) is 24.8 Å². The second-order valence-corrected chi connectivity index (χ2v) is 4.39. The maximum atomic E-state index is 9.54. The van der Waals surface area contributed by atoms with Crippen LogP contribution in [0.1, 0.15) is 18.5 Å². The molecular formula is C12H18N2O2. The molecule has 1 aromatic carbocycles. The average molecular weight is 222 g/mol. The topological polar surface area (TPSA) is 69.7 Å². The molecule has 0 amide bonds. The minimum atomic E-state index is -0.666. The van der Waals surface area contributed by atoms with E-state index in [0.717, 1.165) is 11.3 Å². The lowest BCUT2D eigenvalue weighted by Gasteiger charge is -2.22. The highest BCUT2D eigenvalue weighted by Crippen LogP contribution is 2.28. The number of hydrogen-bond donors (Lipinski definition) is 3. The molecule has 4 N–H and O–H groups in total. The second-order valence-electron chi connectivity index (χ2n) is 4.39. The van der Waals surface area contributed by atoms with E-state index < -0.39 is 12.2 Å². The summed E-state index contributed by atoms with van der Waals surface area (Å²) >= 11 is 0. The average Bonchev–Trinajstić information content (AvgIpc) is 2.59. The molecule has 0 saturated carbocycles. The second kappa shape index (κ2) is 4.41. The Morgan fingerprint density at radius 2 is 1.81 bits per heavy atom. The number of para-hydroxylation sites is 1. The lowest BCUT2D eigenvalue weighted by Crippen LogP contribution is -2.23. The zero-order valence-corrected chi connectivity index (χ0v) is 9.37. The van der Waals surface area contributed by atoms with Crippen molar-refractivity contribution in [3.8, 4) is 0 Å². The number of aliphatic hydroxyl groups excluding tert-OH is 2. The number of rotatable bonds is 2. The molecule has 0 spiro atoms. The molecule has 0 aromatic heterocycles. The van der Waals surface area contributed by atoms with E-state index in [4.69, 9.17) is 5.73 Å². The van der Waals surface area contributed by atoms with E-state index in [1.165, 1.54) is 0 Å². The van der Waals surface area contributed by atoms with Gasteiger partial charge >= 0.3 is 0 Å². The lowest BCUT2D eigenvalue weighted by atomic mass is 10.1. The van der Waals surface area contributed by atoms with Crippen LogP contribution < -0.4 is 10.6 Å². The van der Waals surface area contributed by atoms with Crippen molar-refractivity contribution in [1.29, 1.82) is 0 Å². The molecule has 1 heterocycles. The van der Waals surface area contributed by atoms with Crippen LogP contribution in [0.5, 0.6) is 0 Å². The van der Waals surface area contributed by atoms with Gasteiger partial charge < -0.3 is 20.8 Å². The molecule has 2 rings (SSSR count). The molecule has 3 atom stereocenters. The summed E-state index contributed by atoms with van der Waals surface area (Å²) in [6.07, 6.45) is -1.33. The molecule has 1 aliphatic heterocycles. The summed E-state index contributed by atoms with van der Waals surface area (Å²) in [4.78, 5) is 1.98. The van der Waals surface area contributed by atoms with Gasteiger partial charge in [0.15, 0.2) is 0 Å². The first-order chi connectivity index (χ1) is 7.59. The number of anilines is 1. The zero-order chi connectivity index (χ0) is 11.7. The van der Waals surface area contributed by atoms with E-state index in [-0.39, 0.29) is 6.04 Å². The third kappa shape index (κ3) is 2.04. The minimum Gasteiger partial charge on any atom is -0.389 e. The van der Waals surface area contributed by atoms with Crippen molar-refractivity contribution < 1.29 is 10.2 Å². The van der Waals surface area contributed by atoms with Crippen LogP contribution in [0.15, 0.2) is 24.3 Å². The minimum absolute atomic E-state index is 0.0499. The van der Waals surface area contributed by atoms with Crippen LogP contribution in [0.4, 0.5) is 5.69 Å². The van der Waals surface area contributed by atoms with Gasteiger partial charge in [-0.05, 0) is 18.6 Å². The Bertz CT molecular complexity index is 358. The smallest absolute Gasteiger partial charge is 0.0990 e. The SMILES string of the molecule is C[C@H](N)c1ccccc1N1CC(O)C(O)C1. The Labute approximate surface area is 95.3 Å². The van der Waals surface area contributed by atoms with Crippen molar-refractivity contribution in [3.63, 3.8) is 0 Å². The summed E-state index contributed by atoms with van der Waals surface area (Å²) in [7, 11) is 0. The molecule has 2 unspecified atom stereocenters. The van der Waals surface area contributed by atoms with Crippen molar-refractivity contribution in [1.82, 2.24) is 0 Å². The Balaban J connectivity index is 2.27. The van der Waals surface area contributed by atoms with E-state index in [1.54, 1.807) is 0 Å². The quantitative estimate of drug-likeness (QED) is 0.671. The van der Waals surface area contributed by atoms with Crippen LogP contribution in [0.2, 0.25) is 0 Å². The molecule has 4 heteroatoms. The van der Waals surface area contributed by atoms with Crippen LogP contribution in [-0.2, 0) is 0 Å². The molecule has 16 heavy (non-hydrogen) atoms.